The van der Waals surface area contributed by atoms with Gasteiger partial charge >= 0.3 is 0 Å². The summed E-state index contributed by atoms with van der Waals surface area (Å²) >= 11 is 0. The van der Waals surface area contributed by atoms with E-state index >= 15 is 0 Å². The third-order valence-corrected chi connectivity index (χ3v) is 3.37. The van der Waals surface area contributed by atoms with Crippen LogP contribution in [-0.2, 0) is 20.9 Å². The number of benzene rings is 1. The molecule has 8 heteroatoms. The highest BCUT2D eigenvalue weighted by Gasteiger charge is 2.15. The molecule has 1 aromatic carbocycles. The molecule has 0 aliphatic carbocycles. The van der Waals surface area contributed by atoms with Crippen molar-refractivity contribution >= 4 is 17.7 Å². The highest BCUT2D eigenvalue weighted by molar-refractivity contribution is 5.87. The monoisotopic (exact) mass is 352 g/mol. The van der Waals surface area contributed by atoms with Crippen molar-refractivity contribution < 1.29 is 18.8 Å². The van der Waals surface area contributed by atoms with Gasteiger partial charge in [0.2, 0.25) is 17.7 Å². The lowest BCUT2D eigenvalue weighted by Gasteiger charge is -2.25. The number of halogens is 1. The molecule has 2 N–H and O–H groups in total. The van der Waals surface area contributed by atoms with Crippen LogP contribution >= 0.6 is 0 Å². The van der Waals surface area contributed by atoms with Gasteiger partial charge in [-0.1, -0.05) is 12.1 Å². The van der Waals surface area contributed by atoms with E-state index < -0.39 is 5.91 Å². The molecule has 0 fully saturated rings. The van der Waals surface area contributed by atoms with E-state index in [2.05, 4.69) is 10.6 Å². The Labute approximate surface area is 147 Å². The molecule has 1 aromatic rings. The zero-order chi connectivity index (χ0) is 18.8. The Kier molecular flexibility index (Phi) is 8.55. The zero-order valence-electron chi connectivity index (χ0n) is 14.8. The van der Waals surface area contributed by atoms with Gasteiger partial charge in [-0.05, 0) is 31.8 Å². The van der Waals surface area contributed by atoms with Crippen LogP contribution in [0.3, 0.4) is 0 Å². The van der Waals surface area contributed by atoms with E-state index in [4.69, 9.17) is 0 Å². The minimum Gasteiger partial charge on any atom is -0.347 e. The molecule has 138 valence electrons. The molecule has 0 unspecified atom stereocenters. The summed E-state index contributed by atoms with van der Waals surface area (Å²) in [5, 5.41) is 4.83. The first kappa shape index (κ1) is 20.6. The highest BCUT2D eigenvalue weighted by atomic mass is 19.1. The van der Waals surface area contributed by atoms with E-state index in [0.29, 0.717) is 18.7 Å². The predicted octanol–water partition coefficient (Wildman–Crippen LogP) is -0.0318. The number of hydrogen-bond acceptors (Lipinski definition) is 4. The maximum absolute atomic E-state index is 13.3. The first-order chi connectivity index (χ1) is 11.8. The van der Waals surface area contributed by atoms with Crippen LogP contribution in [0.25, 0.3) is 0 Å². The summed E-state index contributed by atoms with van der Waals surface area (Å²) in [5.41, 5.74) is 0.677. The van der Waals surface area contributed by atoms with Crippen molar-refractivity contribution in [2.24, 2.45) is 0 Å². The van der Waals surface area contributed by atoms with Crippen molar-refractivity contribution in [3.8, 4) is 0 Å². The number of nitrogens with zero attached hydrogens (tertiary/aromatic N) is 2. The normalized spacial score (nSPS) is 10.4. The third kappa shape index (κ3) is 8.80. The molecule has 0 saturated heterocycles. The summed E-state index contributed by atoms with van der Waals surface area (Å²) in [6.07, 6.45) is 0. The SMILES string of the molecule is CC(=O)NCC(=O)NCC(=O)N(CCN(C)C)Cc1cccc(F)c1. The van der Waals surface area contributed by atoms with Gasteiger partial charge in [-0.2, -0.15) is 0 Å². The Morgan fingerprint density at radius 1 is 1.08 bits per heavy atom. The maximum atomic E-state index is 13.3. The van der Waals surface area contributed by atoms with Crippen molar-refractivity contribution in [2.75, 3.05) is 40.3 Å². The quantitative estimate of drug-likeness (QED) is 0.654. The van der Waals surface area contributed by atoms with Crippen LogP contribution < -0.4 is 10.6 Å². The second-order valence-corrected chi connectivity index (χ2v) is 5.93. The van der Waals surface area contributed by atoms with Crippen LogP contribution in [0.1, 0.15) is 12.5 Å². The molecule has 0 bridgehead atoms. The Bertz CT molecular complexity index is 607. The van der Waals surface area contributed by atoms with Crippen molar-refractivity contribution in [2.45, 2.75) is 13.5 Å². The molecule has 3 amide bonds. The molecule has 7 nitrogen and oxygen atoms in total. The maximum Gasteiger partial charge on any atom is 0.242 e. The van der Waals surface area contributed by atoms with Gasteiger partial charge in [0, 0.05) is 26.6 Å². The van der Waals surface area contributed by atoms with Crippen molar-refractivity contribution in [3.63, 3.8) is 0 Å². The summed E-state index contributed by atoms with van der Waals surface area (Å²) in [6.45, 7) is 2.29. The molecule has 0 spiro atoms. The fraction of sp³-hybridized carbons (Fsp3) is 0.471. The van der Waals surface area contributed by atoms with Crippen LogP contribution in [0, 0.1) is 5.82 Å². The average molecular weight is 352 g/mol. The molecular weight excluding hydrogens is 327 g/mol. The van der Waals surface area contributed by atoms with Crippen LogP contribution in [0.4, 0.5) is 4.39 Å². The number of rotatable bonds is 9. The van der Waals surface area contributed by atoms with Crippen LogP contribution in [0.15, 0.2) is 24.3 Å². The fourth-order valence-electron chi connectivity index (χ4n) is 2.02. The number of carbonyl (C=O) groups is 3. The second-order valence-electron chi connectivity index (χ2n) is 5.93. The standard InChI is InChI=1S/C17H25FN4O3/c1-13(23)19-10-16(24)20-11-17(25)22(8-7-21(2)3)12-14-5-4-6-15(18)9-14/h4-6,9H,7-8,10-12H2,1-3H3,(H,19,23)(H,20,24). The fourth-order valence-corrected chi connectivity index (χ4v) is 2.02. The number of nitrogens with one attached hydrogen (secondary N) is 2. The lowest BCUT2D eigenvalue weighted by atomic mass is 10.2. The minimum absolute atomic E-state index is 0.176. The Morgan fingerprint density at radius 3 is 2.40 bits per heavy atom. The van der Waals surface area contributed by atoms with Gasteiger partial charge in [-0.25, -0.2) is 4.39 Å². The van der Waals surface area contributed by atoms with Crippen molar-refractivity contribution in [3.05, 3.63) is 35.6 Å². The van der Waals surface area contributed by atoms with E-state index in [1.165, 1.54) is 19.1 Å². The van der Waals surface area contributed by atoms with E-state index in [1.54, 1.807) is 17.0 Å². The topological polar surface area (TPSA) is 81.8 Å². The van der Waals surface area contributed by atoms with Gasteiger partial charge in [0.1, 0.15) is 5.82 Å². The number of carbonyl (C=O) groups excluding carboxylic acids is 3. The highest BCUT2D eigenvalue weighted by Crippen LogP contribution is 2.07. The second kappa shape index (κ2) is 10.4. The molecule has 25 heavy (non-hydrogen) atoms. The minimum atomic E-state index is -0.443. The summed E-state index contributed by atoms with van der Waals surface area (Å²) in [6, 6.07) is 6.06. The van der Waals surface area contributed by atoms with Crippen molar-refractivity contribution in [1.29, 1.82) is 0 Å². The first-order valence-corrected chi connectivity index (χ1v) is 7.96. The lowest BCUT2D eigenvalue weighted by molar-refractivity contribution is -0.133. The third-order valence-electron chi connectivity index (χ3n) is 3.37. The van der Waals surface area contributed by atoms with Gasteiger partial charge in [0.25, 0.3) is 0 Å². The van der Waals surface area contributed by atoms with Gasteiger partial charge in [-0.15, -0.1) is 0 Å². The summed E-state index contributed by atoms with van der Waals surface area (Å²) in [5.74, 6) is -1.40. The molecule has 0 saturated carbocycles. The molecule has 1 rings (SSSR count). The van der Waals surface area contributed by atoms with Crippen molar-refractivity contribution in [1.82, 2.24) is 20.4 Å². The summed E-state index contributed by atoms with van der Waals surface area (Å²) in [7, 11) is 3.78. The van der Waals surface area contributed by atoms with Gasteiger partial charge in [0.15, 0.2) is 0 Å². The Balaban J connectivity index is 2.62. The first-order valence-electron chi connectivity index (χ1n) is 7.96. The van der Waals surface area contributed by atoms with E-state index in [9.17, 15) is 18.8 Å². The van der Waals surface area contributed by atoms with Crippen LogP contribution in [0.2, 0.25) is 0 Å². The number of amides is 3. The molecule has 0 radical (unpaired) electrons. The molecular formula is C17H25FN4O3. The van der Waals surface area contributed by atoms with Gasteiger partial charge in [-0.3, -0.25) is 14.4 Å². The largest absolute Gasteiger partial charge is 0.347 e. The predicted molar refractivity (Wildman–Crippen MR) is 92.1 cm³/mol. The number of likely N-dealkylation sites (N-methyl/N-ethyl adjacent to an activating group) is 1. The molecule has 0 aromatic heterocycles. The average Bonchev–Trinajstić information content (AvgIpc) is 2.54. The molecule has 0 aliphatic heterocycles. The van der Waals surface area contributed by atoms with E-state index in [0.717, 1.165) is 0 Å². The van der Waals surface area contributed by atoms with E-state index in [-0.39, 0.29) is 37.3 Å². The van der Waals surface area contributed by atoms with Gasteiger partial charge < -0.3 is 20.4 Å². The smallest absolute Gasteiger partial charge is 0.242 e. The molecule has 0 aliphatic rings. The number of hydrogen-bond donors (Lipinski definition) is 2. The summed E-state index contributed by atoms with van der Waals surface area (Å²) < 4.78 is 13.3. The Morgan fingerprint density at radius 2 is 1.80 bits per heavy atom. The zero-order valence-corrected chi connectivity index (χ0v) is 14.8. The molecule has 0 atom stereocenters. The van der Waals surface area contributed by atoms with E-state index in [1.807, 2.05) is 19.0 Å². The molecule has 0 heterocycles. The van der Waals surface area contributed by atoms with Crippen LogP contribution in [-0.4, -0.2) is 67.8 Å². The summed E-state index contributed by atoms with van der Waals surface area (Å²) in [4.78, 5) is 38.3. The van der Waals surface area contributed by atoms with Gasteiger partial charge in [0.05, 0.1) is 13.1 Å². The van der Waals surface area contributed by atoms with Crippen LogP contribution in [0.5, 0.6) is 0 Å². The Hall–Kier alpha value is -2.48. The lowest BCUT2D eigenvalue weighted by Crippen LogP contribution is -2.44.